The molecule has 1 aliphatic heterocycles. The van der Waals surface area contributed by atoms with Gasteiger partial charge in [-0.25, -0.2) is 4.98 Å². The molecule has 2 rings (SSSR count). The number of nitro groups is 1. The number of likely N-dealkylation sites (N-methyl/N-ethyl adjacent to an activating group) is 1. The number of nitrogens with one attached hydrogen (secondary N) is 1. The van der Waals surface area contributed by atoms with Gasteiger partial charge in [0.15, 0.2) is 0 Å². The van der Waals surface area contributed by atoms with Crippen molar-refractivity contribution >= 4 is 11.4 Å². The summed E-state index contributed by atoms with van der Waals surface area (Å²) in [7, 11) is 1.73. The van der Waals surface area contributed by atoms with Gasteiger partial charge in [-0.2, -0.15) is 13.2 Å². The smallest absolute Gasteiger partial charge is 0.362 e. The van der Waals surface area contributed by atoms with E-state index in [-0.39, 0.29) is 11.7 Å². The fraction of sp³-hybridized carbons (Fsp3) is 0.583. The zero-order valence-electron chi connectivity index (χ0n) is 11.4. The number of hydrogen-bond donors (Lipinski definition) is 1. The number of rotatable bonds is 4. The first-order chi connectivity index (χ1) is 9.84. The van der Waals surface area contributed by atoms with Gasteiger partial charge >= 0.3 is 11.9 Å². The van der Waals surface area contributed by atoms with Crippen molar-refractivity contribution in [3.05, 3.63) is 28.1 Å². The number of alkyl halides is 3. The highest BCUT2D eigenvalue weighted by Crippen LogP contribution is 2.37. The van der Waals surface area contributed by atoms with Crippen molar-refractivity contribution in [1.29, 1.82) is 0 Å². The molecular formula is C12H15F3N4O2. The lowest BCUT2D eigenvalue weighted by molar-refractivity contribution is -0.384. The van der Waals surface area contributed by atoms with Gasteiger partial charge in [0.2, 0.25) is 0 Å². The predicted octanol–water partition coefficient (Wildman–Crippen LogP) is 2.20. The number of nitrogens with zero attached hydrogens (tertiary/aromatic N) is 3. The van der Waals surface area contributed by atoms with E-state index in [2.05, 4.69) is 10.3 Å². The van der Waals surface area contributed by atoms with E-state index in [1.165, 1.54) is 0 Å². The Kier molecular flexibility index (Phi) is 4.31. The second kappa shape index (κ2) is 5.84. The molecule has 1 fully saturated rings. The third kappa shape index (κ3) is 3.23. The minimum absolute atomic E-state index is 0.0138. The SMILES string of the molecule is CNCC1CCCN1c1cc(C(F)(F)F)ncc1[N+](=O)[O-]. The van der Waals surface area contributed by atoms with Crippen LogP contribution in [0.5, 0.6) is 0 Å². The van der Waals surface area contributed by atoms with Crippen LogP contribution in [0.25, 0.3) is 0 Å². The molecule has 1 N–H and O–H groups in total. The van der Waals surface area contributed by atoms with E-state index < -0.39 is 22.5 Å². The van der Waals surface area contributed by atoms with Crippen molar-refractivity contribution in [3.8, 4) is 0 Å². The van der Waals surface area contributed by atoms with Crippen molar-refractivity contribution < 1.29 is 18.1 Å². The molecule has 0 aromatic carbocycles. The molecule has 0 amide bonds. The largest absolute Gasteiger partial charge is 0.433 e. The van der Waals surface area contributed by atoms with Gasteiger partial charge in [-0.3, -0.25) is 10.1 Å². The minimum Gasteiger partial charge on any atom is -0.362 e. The Balaban J connectivity index is 2.46. The fourth-order valence-corrected chi connectivity index (χ4v) is 2.56. The van der Waals surface area contributed by atoms with Gasteiger partial charge in [0.1, 0.15) is 17.6 Å². The van der Waals surface area contributed by atoms with Crippen molar-refractivity contribution in [2.24, 2.45) is 0 Å². The summed E-state index contributed by atoms with van der Waals surface area (Å²) in [5.74, 6) is 0. The molecule has 0 bridgehead atoms. The Labute approximate surface area is 119 Å². The topological polar surface area (TPSA) is 71.3 Å². The van der Waals surface area contributed by atoms with Crippen LogP contribution < -0.4 is 10.2 Å². The van der Waals surface area contributed by atoms with E-state index >= 15 is 0 Å². The van der Waals surface area contributed by atoms with Crippen molar-refractivity contribution in [2.45, 2.75) is 25.1 Å². The minimum atomic E-state index is -4.62. The maximum atomic E-state index is 12.8. The summed E-state index contributed by atoms with van der Waals surface area (Å²) in [4.78, 5) is 15.2. The molecule has 2 heterocycles. The van der Waals surface area contributed by atoms with Crippen LogP contribution in [0, 0.1) is 10.1 Å². The molecule has 1 saturated heterocycles. The van der Waals surface area contributed by atoms with Crippen molar-refractivity contribution in [1.82, 2.24) is 10.3 Å². The molecule has 1 aromatic heterocycles. The van der Waals surface area contributed by atoms with Crippen LogP contribution >= 0.6 is 0 Å². The molecule has 1 atom stereocenters. The maximum absolute atomic E-state index is 12.8. The third-order valence-corrected chi connectivity index (χ3v) is 3.48. The number of halogens is 3. The lowest BCUT2D eigenvalue weighted by Gasteiger charge is -2.26. The van der Waals surface area contributed by atoms with Gasteiger partial charge in [-0.15, -0.1) is 0 Å². The van der Waals surface area contributed by atoms with E-state index in [0.29, 0.717) is 19.3 Å². The quantitative estimate of drug-likeness (QED) is 0.682. The predicted molar refractivity (Wildman–Crippen MR) is 70.2 cm³/mol. The van der Waals surface area contributed by atoms with Crippen LogP contribution in [-0.2, 0) is 6.18 Å². The van der Waals surface area contributed by atoms with E-state index in [1.807, 2.05) is 0 Å². The van der Waals surface area contributed by atoms with Crippen LogP contribution in [0.15, 0.2) is 12.3 Å². The molecule has 0 saturated carbocycles. The molecule has 116 valence electrons. The Hall–Kier alpha value is -1.90. The van der Waals surface area contributed by atoms with Crippen molar-refractivity contribution in [3.63, 3.8) is 0 Å². The molecule has 0 radical (unpaired) electrons. The van der Waals surface area contributed by atoms with Gasteiger partial charge in [-0.1, -0.05) is 0 Å². The average molecular weight is 304 g/mol. The fourth-order valence-electron chi connectivity index (χ4n) is 2.56. The third-order valence-electron chi connectivity index (χ3n) is 3.48. The Morgan fingerprint density at radius 1 is 1.57 bits per heavy atom. The van der Waals surface area contributed by atoms with E-state index in [4.69, 9.17) is 0 Å². The number of aromatic nitrogens is 1. The van der Waals surface area contributed by atoms with Crippen LogP contribution in [0.3, 0.4) is 0 Å². The molecule has 9 heteroatoms. The van der Waals surface area contributed by atoms with E-state index in [0.717, 1.165) is 18.9 Å². The number of anilines is 1. The molecular weight excluding hydrogens is 289 g/mol. The summed E-state index contributed by atoms with van der Waals surface area (Å²) < 4.78 is 38.3. The Morgan fingerprint density at radius 2 is 2.29 bits per heavy atom. The van der Waals surface area contributed by atoms with Crippen LogP contribution in [0.4, 0.5) is 24.5 Å². The second-order valence-corrected chi connectivity index (χ2v) is 4.86. The van der Waals surface area contributed by atoms with E-state index in [9.17, 15) is 23.3 Å². The van der Waals surface area contributed by atoms with Crippen molar-refractivity contribution in [2.75, 3.05) is 25.0 Å². The molecule has 1 unspecified atom stereocenters. The summed E-state index contributed by atoms with van der Waals surface area (Å²) >= 11 is 0. The molecule has 1 aromatic rings. The lowest BCUT2D eigenvalue weighted by atomic mass is 10.2. The van der Waals surface area contributed by atoms with E-state index in [1.54, 1.807) is 11.9 Å². The Morgan fingerprint density at radius 3 is 2.86 bits per heavy atom. The number of hydrogen-bond acceptors (Lipinski definition) is 5. The summed E-state index contributed by atoms with van der Waals surface area (Å²) in [5.41, 5.74) is -1.52. The van der Waals surface area contributed by atoms with Crippen LogP contribution in [0.2, 0.25) is 0 Å². The molecule has 0 aliphatic carbocycles. The average Bonchev–Trinajstić information content (AvgIpc) is 2.85. The molecule has 6 nitrogen and oxygen atoms in total. The molecule has 0 spiro atoms. The highest BCUT2D eigenvalue weighted by atomic mass is 19.4. The molecule has 21 heavy (non-hydrogen) atoms. The zero-order valence-corrected chi connectivity index (χ0v) is 11.4. The highest BCUT2D eigenvalue weighted by Gasteiger charge is 2.37. The Bertz CT molecular complexity index is 536. The first-order valence-electron chi connectivity index (χ1n) is 6.47. The first kappa shape index (κ1) is 15.5. The highest BCUT2D eigenvalue weighted by molar-refractivity contribution is 5.64. The second-order valence-electron chi connectivity index (χ2n) is 4.86. The summed E-state index contributed by atoms with van der Waals surface area (Å²) in [6.45, 7) is 1.05. The lowest BCUT2D eigenvalue weighted by Crippen LogP contribution is -2.37. The normalized spacial score (nSPS) is 19.0. The van der Waals surface area contributed by atoms with Crippen LogP contribution in [0.1, 0.15) is 18.5 Å². The van der Waals surface area contributed by atoms with Gasteiger partial charge in [0.25, 0.3) is 0 Å². The molecule has 1 aliphatic rings. The summed E-state index contributed by atoms with van der Waals surface area (Å²) in [6, 6.07) is 0.712. The summed E-state index contributed by atoms with van der Waals surface area (Å²) in [5, 5.41) is 14.0. The monoisotopic (exact) mass is 304 g/mol. The zero-order chi connectivity index (χ0) is 15.6. The number of pyridine rings is 1. The maximum Gasteiger partial charge on any atom is 0.433 e. The standard InChI is InChI=1S/C12H15F3N4O2/c1-16-6-8-3-2-4-18(8)9-5-11(12(13,14)15)17-7-10(9)19(20)21/h5,7-8,16H,2-4,6H2,1H3. The van der Waals surface area contributed by atoms with Crippen LogP contribution in [-0.4, -0.2) is 36.1 Å². The van der Waals surface area contributed by atoms with Gasteiger partial charge in [0.05, 0.1) is 4.92 Å². The van der Waals surface area contributed by atoms with Gasteiger partial charge < -0.3 is 10.2 Å². The van der Waals surface area contributed by atoms with Gasteiger partial charge in [-0.05, 0) is 26.0 Å². The van der Waals surface area contributed by atoms with Gasteiger partial charge in [0, 0.05) is 19.1 Å². The summed E-state index contributed by atoms with van der Waals surface area (Å²) in [6.07, 6.45) is -2.37. The first-order valence-corrected chi connectivity index (χ1v) is 6.47.